The molecule has 7 N–H and O–H groups in total. The van der Waals surface area contributed by atoms with Crippen molar-refractivity contribution in [2.24, 2.45) is 0 Å². The van der Waals surface area contributed by atoms with Gasteiger partial charge in [0.05, 0.1) is 12.3 Å². The Kier molecular flexibility index (Phi) is 9.96. The first-order valence-corrected chi connectivity index (χ1v) is 12.4. The Labute approximate surface area is 195 Å². The number of terminal acetylenes is 1. The Balaban J connectivity index is 2.05. The summed E-state index contributed by atoms with van der Waals surface area (Å²) in [5.74, 6) is -1.36. The minimum Gasteiger partial charge on any atom is -0.388 e. The number of amides is 2. The third-order valence-electron chi connectivity index (χ3n) is 5.34. The number of nitrogens with one attached hydrogen (secondary N) is 2. The molecule has 0 bridgehead atoms. The number of anilines is 1. The van der Waals surface area contributed by atoms with Crippen molar-refractivity contribution < 1.29 is 48.0 Å². The number of aliphatic hydroxyl groups excluding tert-OH is 3. The third kappa shape index (κ3) is 7.71. The highest BCUT2D eigenvalue weighted by molar-refractivity contribution is 7.51. The van der Waals surface area contributed by atoms with Crippen molar-refractivity contribution in [2.75, 3.05) is 18.0 Å². The number of carbonyl (C=O) groups excluding carboxylic acids is 1. The van der Waals surface area contributed by atoms with Gasteiger partial charge in [-0.15, -0.1) is 12.3 Å². The molecule has 1 unspecified atom stereocenters. The van der Waals surface area contributed by atoms with Crippen LogP contribution in [0.4, 0.5) is 19.3 Å². The van der Waals surface area contributed by atoms with Crippen molar-refractivity contribution in [2.45, 2.75) is 62.1 Å². The van der Waals surface area contributed by atoms with E-state index in [0.717, 1.165) is 18.6 Å². The van der Waals surface area contributed by atoms with Crippen molar-refractivity contribution >= 4 is 19.3 Å². The number of unbranched alkanes of at least 4 members (excludes halogenated alkanes) is 2. The highest BCUT2D eigenvalue weighted by Gasteiger charge is 2.55. The largest absolute Gasteiger partial charge is 0.388 e. The summed E-state index contributed by atoms with van der Waals surface area (Å²) in [6.07, 6.45) is -3.93. The maximum absolute atomic E-state index is 15.2. The first-order chi connectivity index (χ1) is 15.9. The molecule has 1 aliphatic heterocycles. The first-order valence-electron chi connectivity index (χ1n) is 10.6. The van der Waals surface area contributed by atoms with Crippen molar-refractivity contribution in [1.82, 2.24) is 5.32 Å². The van der Waals surface area contributed by atoms with E-state index in [1.807, 2.05) is 0 Å². The summed E-state index contributed by atoms with van der Waals surface area (Å²) < 4.78 is 46.5. The van der Waals surface area contributed by atoms with Crippen LogP contribution in [-0.2, 0) is 15.2 Å². The first kappa shape index (κ1) is 28.1. The number of urea groups is 1. The smallest absolute Gasteiger partial charge is 0.325 e. The Morgan fingerprint density at radius 3 is 2.35 bits per heavy atom. The number of halogens is 2. The van der Waals surface area contributed by atoms with E-state index in [0.29, 0.717) is 19.4 Å². The minimum absolute atomic E-state index is 0.223. The monoisotopic (exact) mass is 506 g/mol. The van der Waals surface area contributed by atoms with E-state index in [2.05, 4.69) is 16.6 Å². The minimum atomic E-state index is -4.51. The molecule has 190 valence electrons. The van der Waals surface area contributed by atoms with Crippen LogP contribution in [0.15, 0.2) is 24.3 Å². The fourth-order valence-electron chi connectivity index (χ4n) is 3.45. The van der Waals surface area contributed by atoms with E-state index >= 15 is 8.78 Å². The molecule has 1 aromatic carbocycles. The van der Waals surface area contributed by atoms with Gasteiger partial charge in [-0.1, -0.05) is 12.1 Å². The van der Waals surface area contributed by atoms with Gasteiger partial charge < -0.3 is 40.5 Å². The van der Waals surface area contributed by atoms with E-state index in [4.69, 9.17) is 20.9 Å². The van der Waals surface area contributed by atoms with Crippen LogP contribution in [0.2, 0.25) is 0 Å². The highest BCUT2D eigenvalue weighted by atomic mass is 31.2. The van der Waals surface area contributed by atoms with Crippen LogP contribution in [0, 0.1) is 12.3 Å². The van der Waals surface area contributed by atoms with E-state index in [1.165, 1.54) is 12.1 Å². The zero-order valence-electron chi connectivity index (χ0n) is 18.2. The van der Waals surface area contributed by atoms with Crippen molar-refractivity contribution in [1.29, 1.82) is 0 Å². The zero-order valence-corrected chi connectivity index (χ0v) is 19.1. The van der Waals surface area contributed by atoms with Crippen LogP contribution >= 0.6 is 7.60 Å². The molecular formula is C21H29F2N2O8P. The number of carbonyl (C=O) groups is 1. The van der Waals surface area contributed by atoms with Crippen LogP contribution < -0.4 is 10.6 Å². The lowest BCUT2D eigenvalue weighted by atomic mass is 9.88. The maximum Gasteiger partial charge on any atom is 0.325 e. The van der Waals surface area contributed by atoms with Gasteiger partial charge >= 0.3 is 19.5 Å². The van der Waals surface area contributed by atoms with Gasteiger partial charge in [-0.3, -0.25) is 4.57 Å². The van der Waals surface area contributed by atoms with Crippen LogP contribution in [0.5, 0.6) is 0 Å². The molecular weight excluding hydrogens is 477 g/mol. The van der Waals surface area contributed by atoms with Gasteiger partial charge in [0.25, 0.3) is 0 Å². The molecule has 10 nitrogen and oxygen atoms in total. The summed E-state index contributed by atoms with van der Waals surface area (Å²) in [5, 5.41) is 35.2. The molecule has 13 heteroatoms. The SMILES string of the molecule is C#CCCCCNC(=O)Nc1ccc(C(F)(F)C2O[C@H](CCP(=O)(O)O)[C@@H](O)[C@H](O)[C@@H]2O)cc1. The van der Waals surface area contributed by atoms with Crippen LogP contribution in [0.1, 0.15) is 31.2 Å². The quantitative estimate of drug-likeness (QED) is 0.141. The van der Waals surface area contributed by atoms with E-state index in [9.17, 15) is 24.7 Å². The number of hydrogen-bond donors (Lipinski definition) is 7. The predicted octanol–water partition coefficient (Wildman–Crippen LogP) is 1.12. The average Bonchev–Trinajstić information content (AvgIpc) is 2.76. The van der Waals surface area contributed by atoms with Crippen LogP contribution in [0.25, 0.3) is 0 Å². The summed E-state index contributed by atoms with van der Waals surface area (Å²) in [5.41, 5.74) is -0.380. The summed E-state index contributed by atoms with van der Waals surface area (Å²) in [4.78, 5) is 29.9. The molecule has 2 rings (SSSR count). The van der Waals surface area contributed by atoms with E-state index < -0.39 is 68.2 Å². The van der Waals surface area contributed by atoms with Gasteiger partial charge in [0.15, 0.2) is 6.10 Å². The van der Waals surface area contributed by atoms with E-state index in [1.54, 1.807) is 0 Å². The molecule has 1 heterocycles. The topological polar surface area (TPSA) is 169 Å². The van der Waals surface area contributed by atoms with Crippen molar-refractivity contribution in [3.63, 3.8) is 0 Å². The molecule has 1 saturated heterocycles. The average molecular weight is 506 g/mol. The standard InChI is InChI=1S/C21H29F2N2O8P/c1-2-3-4-5-11-24-20(29)25-14-8-6-13(7-9-14)21(22,23)19-18(28)17(27)16(26)15(33-19)10-12-34(30,31)32/h1,6-9,15-19,26-28H,3-5,10-12H2,(H2,24,25,29)(H2,30,31,32)/t15-,16-,17+,18+,19?/m1/s1. The second kappa shape index (κ2) is 12.0. The Morgan fingerprint density at radius 1 is 1.12 bits per heavy atom. The number of aliphatic hydroxyl groups is 3. The Bertz CT molecular complexity index is 905. The molecule has 0 aromatic heterocycles. The lowest BCUT2D eigenvalue weighted by Crippen LogP contribution is -2.61. The van der Waals surface area contributed by atoms with Gasteiger partial charge in [-0.05, 0) is 31.4 Å². The Hall–Kier alpha value is -2.10. The Morgan fingerprint density at radius 2 is 1.76 bits per heavy atom. The van der Waals surface area contributed by atoms with Crippen molar-refractivity contribution in [3.8, 4) is 12.3 Å². The van der Waals surface area contributed by atoms with Crippen molar-refractivity contribution in [3.05, 3.63) is 29.8 Å². The predicted molar refractivity (Wildman–Crippen MR) is 118 cm³/mol. The number of benzene rings is 1. The molecule has 1 fully saturated rings. The van der Waals surface area contributed by atoms with Gasteiger partial charge in [0.1, 0.15) is 18.3 Å². The number of alkyl halides is 2. The lowest BCUT2D eigenvalue weighted by molar-refractivity contribution is -0.279. The van der Waals surface area contributed by atoms with Crippen LogP contribution in [0.3, 0.4) is 0 Å². The fraction of sp³-hybridized carbons (Fsp3) is 0.571. The fourth-order valence-corrected chi connectivity index (χ4v) is 4.04. The second-order valence-electron chi connectivity index (χ2n) is 7.99. The van der Waals surface area contributed by atoms with Gasteiger partial charge in [0.2, 0.25) is 0 Å². The molecule has 0 saturated carbocycles. The summed E-state index contributed by atoms with van der Waals surface area (Å²) in [7, 11) is -4.51. The van der Waals surface area contributed by atoms with Gasteiger partial charge in [0, 0.05) is 24.2 Å². The molecule has 1 aliphatic rings. The van der Waals surface area contributed by atoms with Gasteiger partial charge in [-0.25, -0.2) is 4.79 Å². The molecule has 5 atom stereocenters. The number of hydrogen-bond acceptors (Lipinski definition) is 6. The number of rotatable bonds is 10. The third-order valence-corrected chi connectivity index (χ3v) is 6.18. The van der Waals surface area contributed by atoms with E-state index in [-0.39, 0.29) is 5.69 Å². The second-order valence-corrected chi connectivity index (χ2v) is 9.76. The summed E-state index contributed by atoms with van der Waals surface area (Å²) in [6, 6.07) is 3.90. The molecule has 0 aliphatic carbocycles. The zero-order chi connectivity index (χ0) is 25.5. The highest BCUT2D eigenvalue weighted by Crippen LogP contribution is 2.42. The maximum atomic E-state index is 15.2. The molecule has 34 heavy (non-hydrogen) atoms. The molecule has 0 radical (unpaired) electrons. The molecule has 2 amide bonds. The summed E-state index contributed by atoms with van der Waals surface area (Å²) in [6.45, 7) is 0.387. The van der Waals surface area contributed by atoms with Crippen LogP contribution in [-0.4, -0.2) is 74.4 Å². The normalized spacial score (nSPS) is 25.4. The summed E-state index contributed by atoms with van der Waals surface area (Å²) >= 11 is 0. The van der Waals surface area contributed by atoms with Gasteiger partial charge in [-0.2, -0.15) is 8.78 Å². The number of ether oxygens (including phenoxy) is 1. The molecule has 1 aromatic rings. The molecule has 0 spiro atoms. The lowest BCUT2D eigenvalue weighted by Gasteiger charge is -2.43.